The Kier molecular flexibility index (Phi) is 4.37. The number of benzene rings is 1. The fraction of sp³-hybridized carbons (Fsp3) is 0.333. The van der Waals surface area contributed by atoms with Crippen molar-refractivity contribution < 1.29 is 14.3 Å². The van der Waals surface area contributed by atoms with Crippen molar-refractivity contribution in [1.29, 1.82) is 0 Å². The molecule has 1 amide bonds. The Morgan fingerprint density at radius 1 is 1.04 bits per heavy atom. The van der Waals surface area contributed by atoms with Crippen LogP contribution in [0.3, 0.4) is 0 Å². The number of hydrogen-bond donors (Lipinski definition) is 1. The highest BCUT2D eigenvalue weighted by Crippen LogP contribution is 2.35. The number of nitrogens with zero attached hydrogens (tertiary/aromatic N) is 3. The minimum absolute atomic E-state index is 0.132. The van der Waals surface area contributed by atoms with Gasteiger partial charge < -0.3 is 24.1 Å². The number of likely N-dealkylation sites (tertiary alicyclic amines) is 1. The third-order valence-electron chi connectivity index (χ3n) is 5.30. The lowest BCUT2D eigenvalue weighted by Gasteiger charge is -2.14. The maximum absolute atomic E-state index is 12.4. The van der Waals surface area contributed by atoms with E-state index in [1.165, 1.54) is 12.8 Å². The number of ether oxygens (including phenoxy) is 2. The van der Waals surface area contributed by atoms with Crippen LogP contribution in [0.2, 0.25) is 0 Å². The maximum atomic E-state index is 12.4. The molecule has 2 aliphatic rings. The summed E-state index contributed by atoms with van der Waals surface area (Å²) in [5, 5.41) is 2.97. The highest BCUT2D eigenvalue weighted by molar-refractivity contribution is 5.92. The number of amides is 1. The van der Waals surface area contributed by atoms with Gasteiger partial charge in [0.1, 0.15) is 11.3 Å². The number of nitrogens with one attached hydrogen (secondary N) is 1. The summed E-state index contributed by atoms with van der Waals surface area (Å²) < 4.78 is 12.7. The van der Waals surface area contributed by atoms with Gasteiger partial charge in [-0.2, -0.15) is 0 Å². The van der Waals surface area contributed by atoms with Gasteiger partial charge in [-0.1, -0.05) is 6.07 Å². The zero-order chi connectivity index (χ0) is 18.9. The Labute approximate surface area is 162 Å². The normalized spacial score (nSPS) is 16.0. The van der Waals surface area contributed by atoms with Gasteiger partial charge in [-0.05, 0) is 61.3 Å². The van der Waals surface area contributed by atoms with Crippen molar-refractivity contribution >= 4 is 11.6 Å². The van der Waals surface area contributed by atoms with Crippen LogP contribution in [0.25, 0.3) is 16.8 Å². The van der Waals surface area contributed by atoms with Crippen LogP contribution in [0.1, 0.15) is 23.3 Å². The second-order valence-electron chi connectivity index (χ2n) is 7.18. The molecule has 0 bridgehead atoms. The number of aromatic nitrogens is 2. The van der Waals surface area contributed by atoms with Crippen LogP contribution in [0.15, 0.2) is 42.7 Å². The number of fused-ring (bicyclic) bond motifs is 2. The van der Waals surface area contributed by atoms with E-state index in [1.807, 2.05) is 40.9 Å². The van der Waals surface area contributed by atoms with Crippen molar-refractivity contribution in [3.05, 3.63) is 48.4 Å². The Hall–Kier alpha value is -3.06. The Balaban J connectivity index is 1.31. The van der Waals surface area contributed by atoms with Crippen LogP contribution in [-0.2, 0) is 0 Å². The van der Waals surface area contributed by atoms with E-state index < -0.39 is 0 Å². The number of rotatable bonds is 5. The summed E-state index contributed by atoms with van der Waals surface area (Å²) in [6.45, 7) is 4.07. The molecule has 144 valence electrons. The van der Waals surface area contributed by atoms with E-state index >= 15 is 0 Å². The number of carbonyl (C=O) groups excluding carboxylic acids is 1. The van der Waals surface area contributed by atoms with Crippen LogP contribution in [0.5, 0.6) is 11.5 Å². The first-order valence-corrected chi connectivity index (χ1v) is 9.66. The van der Waals surface area contributed by atoms with Gasteiger partial charge >= 0.3 is 0 Å². The lowest BCUT2D eigenvalue weighted by molar-refractivity contribution is 0.0945. The SMILES string of the molecule is O=C(NCCN1CCCC1)c1cn2cc(-c3ccc4c(c3)OCO4)ccc2n1. The van der Waals surface area contributed by atoms with Crippen molar-refractivity contribution in [3.8, 4) is 22.6 Å². The monoisotopic (exact) mass is 378 g/mol. The van der Waals surface area contributed by atoms with Gasteiger partial charge in [0.2, 0.25) is 6.79 Å². The topological polar surface area (TPSA) is 68.1 Å². The Bertz CT molecular complexity index is 1020. The third-order valence-corrected chi connectivity index (χ3v) is 5.30. The molecule has 0 saturated carbocycles. The van der Waals surface area contributed by atoms with E-state index in [1.54, 1.807) is 6.20 Å². The van der Waals surface area contributed by atoms with Gasteiger partial charge in [0.25, 0.3) is 5.91 Å². The molecule has 4 heterocycles. The van der Waals surface area contributed by atoms with E-state index in [0.29, 0.717) is 12.2 Å². The van der Waals surface area contributed by atoms with Crippen molar-refractivity contribution in [2.24, 2.45) is 0 Å². The molecule has 7 nitrogen and oxygen atoms in total. The fourth-order valence-corrected chi connectivity index (χ4v) is 3.77. The van der Waals surface area contributed by atoms with Crippen molar-refractivity contribution in [2.75, 3.05) is 33.0 Å². The highest BCUT2D eigenvalue weighted by atomic mass is 16.7. The van der Waals surface area contributed by atoms with E-state index in [0.717, 1.165) is 47.9 Å². The molecule has 1 N–H and O–H groups in total. The molecule has 0 unspecified atom stereocenters. The second kappa shape index (κ2) is 7.16. The average molecular weight is 378 g/mol. The summed E-state index contributed by atoms with van der Waals surface area (Å²) >= 11 is 0. The zero-order valence-electron chi connectivity index (χ0n) is 15.6. The summed E-state index contributed by atoms with van der Waals surface area (Å²) in [6, 6.07) is 9.79. The third kappa shape index (κ3) is 3.29. The maximum Gasteiger partial charge on any atom is 0.271 e. The van der Waals surface area contributed by atoms with E-state index in [2.05, 4.69) is 15.2 Å². The molecule has 28 heavy (non-hydrogen) atoms. The van der Waals surface area contributed by atoms with Gasteiger partial charge in [0.05, 0.1) is 0 Å². The summed E-state index contributed by atoms with van der Waals surface area (Å²) in [5.74, 6) is 1.38. The molecule has 5 rings (SSSR count). The molecule has 3 aromatic rings. The van der Waals surface area contributed by atoms with Crippen LogP contribution >= 0.6 is 0 Å². The number of hydrogen-bond acceptors (Lipinski definition) is 5. The van der Waals surface area contributed by atoms with Crippen LogP contribution in [0, 0.1) is 0 Å². The molecule has 7 heteroatoms. The first kappa shape index (κ1) is 17.1. The summed E-state index contributed by atoms with van der Waals surface area (Å²) in [4.78, 5) is 19.3. The van der Waals surface area contributed by atoms with Gasteiger partial charge in [-0.25, -0.2) is 4.98 Å². The van der Waals surface area contributed by atoms with Crippen LogP contribution in [-0.4, -0.2) is 53.2 Å². The Morgan fingerprint density at radius 3 is 2.75 bits per heavy atom. The average Bonchev–Trinajstić information content (AvgIpc) is 3.46. The molecular formula is C21H22N4O3. The van der Waals surface area contributed by atoms with Crippen LogP contribution in [0.4, 0.5) is 0 Å². The largest absolute Gasteiger partial charge is 0.454 e. The lowest BCUT2D eigenvalue weighted by Crippen LogP contribution is -2.33. The van der Waals surface area contributed by atoms with Crippen LogP contribution < -0.4 is 14.8 Å². The smallest absolute Gasteiger partial charge is 0.271 e. The fourth-order valence-electron chi connectivity index (χ4n) is 3.77. The van der Waals surface area contributed by atoms with Crippen molar-refractivity contribution in [3.63, 3.8) is 0 Å². The van der Waals surface area contributed by atoms with Crippen molar-refractivity contribution in [2.45, 2.75) is 12.8 Å². The second-order valence-corrected chi connectivity index (χ2v) is 7.18. The Morgan fingerprint density at radius 2 is 1.86 bits per heavy atom. The van der Waals surface area contributed by atoms with E-state index in [4.69, 9.17) is 9.47 Å². The molecule has 2 aromatic heterocycles. The molecule has 0 radical (unpaired) electrons. The minimum Gasteiger partial charge on any atom is -0.454 e. The number of carbonyl (C=O) groups is 1. The number of pyridine rings is 1. The first-order chi connectivity index (χ1) is 13.8. The standard InChI is InChI=1S/C21H22N4O3/c26-21(22-7-10-24-8-1-2-9-24)17-13-25-12-16(4-6-20(25)23-17)15-3-5-18-19(11-15)28-14-27-18/h3-6,11-13H,1-2,7-10,14H2,(H,22,26). The predicted octanol–water partition coefficient (Wildman–Crippen LogP) is 2.56. The van der Waals surface area contributed by atoms with Gasteiger partial charge in [0.15, 0.2) is 11.5 Å². The highest BCUT2D eigenvalue weighted by Gasteiger charge is 2.16. The van der Waals surface area contributed by atoms with Gasteiger partial charge in [-0.15, -0.1) is 0 Å². The van der Waals surface area contributed by atoms with Gasteiger partial charge in [-0.3, -0.25) is 4.79 Å². The number of imidazole rings is 1. The summed E-state index contributed by atoms with van der Waals surface area (Å²) in [5.41, 5.74) is 3.22. The molecule has 1 saturated heterocycles. The first-order valence-electron chi connectivity index (χ1n) is 9.66. The molecule has 1 fully saturated rings. The predicted molar refractivity (Wildman–Crippen MR) is 105 cm³/mol. The zero-order valence-corrected chi connectivity index (χ0v) is 15.6. The van der Waals surface area contributed by atoms with Crippen molar-refractivity contribution in [1.82, 2.24) is 19.6 Å². The molecule has 1 aromatic carbocycles. The minimum atomic E-state index is -0.132. The van der Waals surface area contributed by atoms with Gasteiger partial charge in [0, 0.05) is 25.5 Å². The quantitative estimate of drug-likeness (QED) is 0.739. The summed E-state index contributed by atoms with van der Waals surface area (Å²) in [6.07, 6.45) is 6.26. The van der Waals surface area contributed by atoms with E-state index in [-0.39, 0.29) is 12.7 Å². The molecule has 0 atom stereocenters. The summed E-state index contributed by atoms with van der Waals surface area (Å²) in [7, 11) is 0. The molecule has 2 aliphatic heterocycles. The lowest BCUT2D eigenvalue weighted by atomic mass is 10.1. The molecule has 0 aliphatic carbocycles. The molecular weight excluding hydrogens is 356 g/mol. The molecule has 0 spiro atoms. The van der Waals surface area contributed by atoms with E-state index in [9.17, 15) is 4.79 Å².